The average Bonchev–Trinajstić information content (AvgIpc) is 2.81. The van der Waals surface area contributed by atoms with Crippen LogP contribution in [0.4, 0.5) is 0 Å². The van der Waals surface area contributed by atoms with Crippen LogP contribution < -0.4 is 0 Å². The molecule has 0 atom stereocenters. The number of hydrogen-bond acceptors (Lipinski definition) is 5. The Bertz CT molecular complexity index is 606. The van der Waals surface area contributed by atoms with Crippen molar-refractivity contribution in [1.82, 2.24) is 14.5 Å². The van der Waals surface area contributed by atoms with Crippen LogP contribution in [0.25, 0.3) is 0 Å². The number of H-pyrrole nitrogens is 1. The molecule has 2 heterocycles. The first-order chi connectivity index (χ1) is 9.50. The van der Waals surface area contributed by atoms with Gasteiger partial charge in [0.15, 0.2) is 5.03 Å². The molecule has 0 radical (unpaired) electrons. The Labute approximate surface area is 118 Å². The third kappa shape index (κ3) is 2.78. The standard InChI is InChI=1S/C12H19N3O4S/c1-9-11(7-16)12(14-13-9)20(17,18)15-5-3-10(4-6-15)8-19-2/h3,16H,4-8H2,1-2H3,(H,13,14). The zero-order valence-corrected chi connectivity index (χ0v) is 12.4. The van der Waals surface area contributed by atoms with E-state index in [4.69, 9.17) is 4.74 Å². The van der Waals surface area contributed by atoms with Gasteiger partial charge in [0.1, 0.15) is 0 Å². The zero-order chi connectivity index (χ0) is 14.8. The molecule has 8 heteroatoms. The number of aliphatic hydroxyl groups is 1. The maximum atomic E-state index is 12.5. The summed E-state index contributed by atoms with van der Waals surface area (Å²) >= 11 is 0. The highest BCUT2D eigenvalue weighted by Crippen LogP contribution is 2.23. The van der Waals surface area contributed by atoms with Gasteiger partial charge < -0.3 is 9.84 Å². The third-order valence-corrected chi connectivity index (χ3v) is 5.21. The maximum Gasteiger partial charge on any atom is 0.263 e. The molecular weight excluding hydrogens is 282 g/mol. The molecule has 0 fully saturated rings. The van der Waals surface area contributed by atoms with Crippen molar-refractivity contribution in [2.75, 3.05) is 26.8 Å². The Morgan fingerprint density at radius 3 is 2.85 bits per heavy atom. The van der Waals surface area contributed by atoms with Gasteiger partial charge in [0.05, 0.1) is 13.2 Å². The molecule has 0 aromatic carbocycles. The van der Waals surface area contributed by atoms with Gasteiger partial charge >= 0.3 is 0 Å². The first-order valence-electron chi connectivity index (χ1n) is 6.32. The van der Waals surface area contributed by atoms with Crippen molar-refractivity contribution in [3.63, 3.8) is 0 Å². The SMILES string of the molecule is COCC1=CCN(S(=O)(=O)c2n[nH]c(C)c2CO)CC1. The first kappa shape index (κ1) is 15.2. The van der Waals surface area contributed by atoms with Gasteiger partial charge in [-0.3, -0.25) is 5.10 Å². The van der Waals surface area contributed by atoms with Crippen LogP contribution in [0.3, 0.4) is 0 Å². The topological polar surface area (TPSA) is 95.5 Å². The second kappa shape index (κ2) is 6.04. The van der Waals surface area contributed by atoms with Crippen molar-refractivity contribution in [3.05, 3.63) is 22.9 Å². The van der Waals surface area contributed by atoms with E-state index in [1.807, 2.05) is 6.08 Å². The van der Waals surface area contributed by atoms with Crippen LogP contribution in [0, 0.1) is 6.92 Å². The van der Waals surface area contributed by atoms with Gasteiger partial charge in [-0.15, -0.1) is 0 Å². The van der Waals surface area contributed by atoms with Gasteiger partial charge in [-0.1, -0.05) is 6.08 Å². The molecule has 1 aromatic rings. The van der Waals surface area contributed by atoms with Gasteiger partial charge in [0.25, 0.3) is 10.0 Å². The molecule has 1 aliphatic heterocycles. The number of methoxy groups -OCH3 is 1. The van der Waals surface area contributed by atoms with Crippen molar-refractivity contribution in [2.45, 2.75) is 25.0 Å². The molecule has 0 bridgehead atoms. The number of aromatic nitrogens is 2. The number of nitrogens with zero attached hydrogens (tertiary/aromatic N) is 2. The molecule has 0 saturated carbocycles. The van der Waals surface area contributed by atoms with Crippen LogP contribution in [0.1, 0.15) is 17.7 Å². The summed E-state index contributed by atoms with van der Waals surface area (Å²) in [5.74, 6) is 0. The van der Waals surface area contributed by atoms with Crippen molar-refractivity contribution >= 4 is 10.0 Å². The number of rotatable bonds is 5. The summed E-state index contributed by atoms with van der Waals surface area (Å²) in [6.07, 6.45) is 2.51. The zero-order valence-electron chi connectivity index (χ0n) is 11.6. The molecule has 2 rings (SSSR count). The molecule has 0 unspecified atom stereocenters. The lowest BCUT2D eigenvalue weighted by atomic mass is 10.1. The number of aryl methyl sites for hydroxylation is 1. The molecule has 7 nitrogen and oxygen atoms in total. The van der Waals surface area contributed by atoms with Gasteiger partial charge in [-0.2, -0.15) is 9.40 Å². The van der Waals surface area contributed by atoms with Gasteiger partial charge in [0, 0.05) is 31.5 Å². The van der Waals surface area contributed by atoms with Crippen molar-refractivity contribution in [1.29, 1.82) is 0 Å². The van der Waals surface area contributed by atoms with E-state index < -0.39 is 10.0 Å². The molecule has 112 valence electrons. The van der Waals surface area contributed by atoms with Gasteiger partial charge in [0.2, 0.25) is 0 Å². The van der Waals surface area contributed by atoms with Gasteiger partial charge in [-0.25, -0.2) is 8.42 Å². The fourth-order valence-corrected chi connectivity index (χ4v) is 3.72. The summed E-state index contributed by atoms with van der Waals surface area (Å²) in [7, 11) is -2.06. The summed E-state index contributed by atoms with van der Waals surface area (Å²) in [5.41, 5.74) is 2.00. The molecule has 0 aliphatic carbocycles. The number of aromatic amines is 1. The molecule has 20 heavy (non-hydrogen) atoms. The molecule has 1 aromatic heterocycles. The fourth-order valence-electron chi connectivity index (χ4n) is 2.18. The highest BCUT2D eigenvalue weighted by Gasteiger charge is 2.31. The minimum atomic E-state index is -3.68. The molecule has 1 aliphatic rings. The Balaban J connectivity index is 2.24. The predicted molar refractivity (Wildman–Crippen MR) is 72.6 cm³/mol. The van der Waals surface area contributed by atoms with Crippen LogP contribution in [0.15, 0.2) is 16.7 Å². The Morgan fingerprint density at radius 2 is 2.30 bits per heavy atom. The fraction of sp³-hybridized carbons (Fsp3) is 0.583. The lowest BCUT2D eigenvalue weighted by Gasteiger charge is -2.25. The maximum absolute atomic E-state index is 12.5. The highest BCUT2D eigenvalue weighted by atomic mass is 32.2. The molecule has 0 spiro atoms. The number of sulfonamides is 1. The summed E-state index contributed by atoms with van der Waals surface area (Å²) in [6, 6.07) is 0. The third-order valence-electron chi connectivity index (χ3n) is 3.37. The van der Waals surface area contributed by atoms with E-state index in [2.05, 4.69) is 10.2 Å². The average molecular weight is 301 g/mol. The second-order valence-electron chi connectivity index (χ2n) is 4.70. The quantitative estimate of drug-likeness (QED) is 0.756. The van der Waals surface area contributed by atoms with Crippen LogP contribution in [0.2, 0.25) is 0 Å². The normalized spacial score (nSPS) is 17.2. The number of nitrogens with one attached hydrogen (secondary N) is 1. The molecular formula is C12H19N3O4S. The second-order valence-corrected chi connectivity index (χ2v) is 6.55. The van der Waals surface area contributed by atoms with Crippen molar-refractivity contribution in [2.24, 2.45) is 0 Å². The van der Waals surface area contributed by atoms with Crippen LogP contribution in [0.5, 0.6) is 0 Å². The van der Waals surface area contributed by atoms with Crippen molar-refractivity contribution in [3.8, 4) is 0 Å². The lowest BCUT2D eigenvalue weighted by molar-refractivity contribution is 0.219. The number of ether oxygens (including phenoxy) is 1. The molecule has 0 saturated heterocycles. The number of hydrogen-bond donors (Lipinski definition) is 2. The number of aliphatic hydroxyl groups excluding tert-OH is 1. The van der Waals surface area contributed by atoms with E-state index in [1.165, 1.54) is 4.31 Å². The Morgan fingerprint density at radius 1 is 1.55 bits per heavy atom. The van der Waals surface area contributed by atoms with Crippen LogP contribution >= 0.6 is 0 Å². The van der Waals surface area contributed by atoms with E-state index >= 15 is 0 Å². The smallest absolute Gasteiger partial charge is 0.263 e. The highest BCUT2D eigenvalue weighted by molar-refractivity contribution is 7.89. The van der Waals surface area contributed by atoms with E-state index in [9.17, 15) is 13.5 Å². The monoisotopic (exact) mass is 301 g/mol. The molecule has 2 N–H and O–H groups in total. The van der Waals surface area contributed by atoms with Crippen LogP contribution in [-0.4, -0.2) is 54.8 Å². The lowest BCUT2D eigenvalue weighted by Crippen LogP contribution is -2.36. The Kier molecular flexibility index (Phi) is 4.59. The van der Waals surface area contributed by atoms with E-state index in [-0.39, 0.29) is 11.6 Å². The minimum Gasteiger partial charge on any atom is -0.392 e. The predicted octanol–water partition coefficient (Wildman–Crippen LogP) is 0.178. The summed E-state index contributed by atoms with van der Waals surface area (Å²) in [4.78, 5) is 0. The summed E-state index contributed by atoms with van der Waals surface area (Å²) in [5, 5.41) is 15.6. The summed E-state index contributed by atoms with van der Waals surface area (Å²) < 4.78 is 31.4. The Hall–Kier alpha value is -1.22. The summed E-state index contributed by atoms with van der Waals surface area (Å²) in [6.45, 7) is 2.56. The largest absolute Gasteiger partial charge is 0.392 e. The van der Waals surface area contributed by atoms with Gasteiger partial charge in [-0.05, 0) is 18.9 Å². The van der Waals surface area contributed by atoms with Crippen LogP contribution in [-0.2, 0) is 21.4 Å². The minimum absolute atomic E-state index is 0.0823. The van der Waals surface area contributed by atoms with Crippen molar-refractivity contribution < 1.29 is 18.3 Å². The van der Waals surface area contributed by atoms with E-state index in [0.29, 0.717) is 37.4 Å². The molecule has 0 amide bonds. The first-order valence-corrected chi connectivity index (χ1v) is 7.76. The van der Waals surface area contributed by atoms with E-state index in [1.54, 1.807) is 14.0 Å². The van der Waals surface area contributed by atoms with E-state index in [0.717, 1.165) is 5.57 Å².